The van der Waals surface area contributed by atoms with E-state index in [1.54, 1.807) is 11.6 Å². The molecule has 0 amide bonds. The molecule has 0 bridgehead atoms. The Balaban J connectivity index is 1.94. The molecule has 23 heavy (non-hydrogen) atoms. The number of nitrogens with zero attached hydrogens (tertiary/aromatic N) is 3. The second kappa shape index (κ2) is 5.57. The average molecular weight is 320 g/mol. The number of imidazole rings is 1. The monoisotopic (exact) mass is 320 g/mol. The first-order valence-electron chi connectivity index (χ1n) is 7.05. The quantitative estimate of drug-likeness (QED) is 0.799. The molecule has 0 aliphatic carbocycles. The Morgan fingerprint density at radius 3 is 2.48 bits per heavy atom. The van der Waals surface area contributed by atoms with Gasteiger partial charge in [0.15, 0.2) is 5.82 Å². The molecule has 0 aliphatic rings. The number of benzene rings is 1. The number of aromatic amines is 1. The molecule has 0 saturated heterocycles. The minimum Gasteiger partial charge on any atom is -0.332 e. The van der Waals surface area contributed by atoms with Crippen LogP contribution in [0, 0.1) is 6.92 Å². The van der Waals surface area contributed by atoms with Gasteiger partial charge in [-0.05, 0) is 12.5 Å². The molecule has 1 N–H and O–H groups in total. The van der Waals surface area contributed by atoms with Crippen molar-refractivity contribution in [3.8, 4) is 11.5 Å². The average Bonchev–Trinajstić information content (AvgIpc) is 3.02. The Hall–Kier alpha value is -2.57. The van der Waals surface area contributed by atoms with Gasteiger partial charge in [0.25, 0.3) is 0 Å². The van der Waals surface area contributed by atoms with Gasteiger partial charge in [0, 0.05) is 25.2 Å². The highest BCUT2D eigenvalue weighted by molar-refractivity contribution is 5.57. The van der Waals surface area contributed by atoms with Crippen molar-refractivity contribution in [2.75, 3.05) is 0 Å². The van der Waals surface area contributed by atoms with Crippen molar-refractivity contribution in [1.82, 2.24) is 19.7 Å². The van der Waals surface area contributed by atoms with Crippen LogP contribution in [0.15, 0.2) is 36.5 Å². The predicted molar refractivity (Wildman–Crippen MR) is 79.8 cm³/mol. The molecule has 120 valence electrons. The van der Waals surface area contributed by atoms with Crippen molar-refractivity contribution in [3.05, 3.63) is 59.0 Å². The minimum atomic E-state index is -4.45. The van der Waals surface area contributed by atoms with Gasteiger partial charge in [0.2, 0.25) is 0 Å². The van der Waals surface area contributed by atoms with Gasteiger partial charge < -0.3 is 4.57 Å². The normalized spacial score (nSPS) is 11.9. The second-order valence-corrected chi connectivity index (χ2v) is 5.40. The summed E-state index contributed by atoms with van der Waals surface area (Å²) >= 11 is 0. The van der Waals surface area contributed by atoms with Gasteiger partial charge in [-0.2, -0.15) is 18.3 Å². The van der Waals surface area contributed by atoms with E-state index in [0.717, 1.165) is 11.3 Å². The lowest BCUT2D eigenvalue weighted by molar-refractivity contribution is -0.141. The Morgan fingerprint density at radius 1 is 1.17 bits per heavy atom. The van der Waals surface area contributed by atoms with Crippen molar-refractivity contribution >= 4 is 0 Å². The van der Waals surface area contributed by atoms with Crippen molar-refractivity contribution in [2.45, 2.75) is 19.5 Å². The van der Waals surface area contributed by atoms with Crippen LogP contribution in [0.5, 0.6) is 0 Å². The summed E-state index contributed by atoms with van der Waals surface area (Å²) in [6, 6.07) is 9.77. The van der Waals surface area contributed by atoms with E-state index >= 15 is 0 Å². The van der Waals surface area contributed by atoms with E-state index in [2.05, 4.69) is 15.2 Å². The van der Waals surface area contributed by atoms with E-state index in [9.17, 15) is 13.2 Å². The summed E-state index contributed by atoms with van der Waals surface area (Å²) in [5, 5.41) is 5.88. The predicted octanol–water partition coefficient (Wildman–Crippen LogP) is 3.73. The first kappa shape index (κ1) is 15.3. The highest BCUT2D eigenvalue weighted by atomic mass is 19.4. The van der Waals surface area contributed by atoms with Crippen molar-refractivity contribution in [2.24, 2.45) is 7.05 Å². The fraction of sp³-hybridized carbons (Fsp3) is 0.250. The zero-order chi connectivity index (χ0) is 16.6. The van der Waals surface area contributed by atoms with Gasteiger partial charge in [-0.15, -0.1) is 0 Å². The molecule has 0 atom stereocenters. The molecule has 2 aromatic heterocycles. The molecule has 2 heterocycles. The third-order valence-electron chi connectivity index (χ3n) is 3.66. The van der Waals surface area contributed by atoms with E-state index in [1.807, 2.05) is 36.5 Å². The number of H-pyrrole nitrogens is 1. The summed E-state index contributed by atoms with van der Waals surface area (Å²) in [6.45, 7) is 1.40. The minimum absolute atomic E-state index is 0.0532. The number of halogens is 3. The van der Waals surface area contributed by atoms with Crippen LogP contribution in [0.25, 0.3) is 11.5 Å². The number of rotatable bonds is 3. The molecular weight excluding hydrogens is 305 g/mol. The van der Waals surface area contributed by atoms with E-state index in [1.165, 1.54) is 6.92 Å². The van der Waals surface area contributed by atoms with Crippen LogP contribution in [0.3, 0.4) is 0 Å². The van der Waals surface area contributed by atoms with Gasteiger partial charge in [0.05, 0.1) is 5.69 Å². The fourth-order valence-electron chi connectivity index (χ4n) is 2.53. The van der Waals surface area contributed by atoms with Crippen molar-refractivity contribution < 1.29 is 13.2 Å². The molecule has 3 rings (SSSR count). The van der Waals surface area contributed by atoms with Crippen molar-refractivity contribution in [3.63, 3.8) is 0 Å². The van der Waals surface area contributed by atoms with E-state index in [-0.39, 0.29) is 11.3 Å². The Labute approximate surface area is 131 Å². The zero-order valence-corrected chi connectivity index (χ0v) is 12.6. The number of aryl methyl sites for hydroxylation is 1. The van der Waals surface area contributed by atoms with E-state index in [0.29, 0.717) is 12.2 Å². The smallest absolute Gasteiger partial charge is 0.332 e. The molecule has 0 saturated carbocycles. The summed E-state index contributed by atoms with van der Waals surface area (Å²) in [6.07, 6.45) is -2.03. The fourth-order valence-corrected chi connectivity index (χ4v) is 2.53. The first-order valence-corrected chi connectivity index (χ1v) is 7.05. The van der Waals surface area contributed by atoms with Crippen LogP contribution in [-0.2, 0) is 19.6 Å². The van der Waals surface area contributed by atoms with Gasteiger partial charge >= 0.3 is 6.18 Å². The number of hydrogen-bond acceptors (Lipinski definition) is 2. The Morgan fingerprint density at radius 2 is 1.87 bits per heavy atom. The second-order valence-electron chi connectivity index (χ2n) is 5.40. The summed E-state index contributed by atoms with van der Waals surface area (Å²) in [4.78, 5) is 4.44. The van der Waals surface area contributed by atoms with E-state index in [4.69, 9.17) is 0 Å². The lowest BCUT2D eigenvalue weighted by Gasteiger charge is -2.04. The molecule has 0 unspecified atom stereocenters. The lowest BCUT2D eigenvalue weighted by atomic mass is 10.1. The van der Waals surface area contributed by atoms with Crippen molar-refractivity contribution in [1.29, 1.82) is 0 Å². The summed E-state index contributed by atoms with van der Waals surface area (Å²) in [5.41, 5.74) is 1.31. The highest BCUT2D eigenvalue weighted by Crippen LogP contribution is 2.34. The zero-order valence-electron chi connectivity index (χ0n) is 12.6. The third kappa shape index (κ3) is 2.99. The third-order valence-corrected chi connectivity index (χ3v) is 3.66. The Kier molecular flexibility index (Phi) is 3.71. The molecule has 1 aromatic carbocycles. The molecule has 0 radical (unpaired) electrons. The van der Waals surface area contributed by atoms with Gasteiger partial charge in [-0.1, -0.05) is 30.3 Å². The summed E-state index contributed by atoms with van der Waals surface area (Å²) < 4.78 is 40.3. The number of hydrogen-bond donors (Lipinski definition) is 1. The molecule has 0 spiro atoms. The van der Waals surface area contributed by atoms with Crippen LogP contribution in [0.2, 0.25) is 0 Å². The van der Waals surface area contributed by atoms with Crippen LogP contribution in [-0.4, -0.2) is 19.7 Å². The standard InChI is InChI=1S/C16H15F3N4/c1-10-13(21-22-14(10)16(17,18)19)15-20-12(9-23(15)2)8-11-6-4-3-5-7-11/h3-7,9H,8H2,1-2H3,(H,21,22). The highest BCUT2D eigenvalue weighted by Gasteiger charge is 2.36. The molecule has 4 nitrogen and oxygen atoms in total. The van der Waals surface area contributed by atoms with Crippen LogP contribution in [0.4, 0.5) is 13.2 Å². The van der Waals surface area contributed by atoms with E-state index < -0.39 is 11.9 Å². The maximum absolute atomic E-state index is 12.9. The largest absolute Gasteiger partial charge is 0.433 e. The SMILES string of the molecule is Cc1c(-c2nc(Cc3ccccc3)cn2C)n[nH]c1C(F)(F)F. The number of aromatic nitrogens is 4. The number of nitrogens with one attached hydrogen (secondary N) is 1. The van der Waals surface area contributed by atoms with Gasteiger partial charge in [-0.3, -0.25) is 5.10 Å². The Bertz CT molecular complexity index is 816. The molecule has 7 heteroatoms. The molecule has 3 aromatic rings. The summed E-state index contributed by atoms with van der Waals surface area (Å²) in [5.74, 6) is 0.417. The lowest BCUT2D eigenvalue weighted by Crippen LogP contribution is -2.07. The molecule has 0 fully saturated rings. The number of alkyl halides is 3. The molecular formula is C16H15F3N4. The van der Waals surface area contributed by atoms with Gasteiger partial charge in [0.1, 0.15) is 11.4 Å². The van der Waals surface area contributed by atoms with Crippen LogP contribution < -0.4 is 0 Å². The summed E-state index contributed by atoms with van der Waals surface area (Å²) in [7, 11) is 1.75. The van der Waals surface area contributed by atoms with Crippen LogP contribution >= 0.6 is 0 Å². The maximum atomic E-state index is 12.9. The maximum Gasteiger partial charge on any atom is 0.433 e. The topological polar surface area (TPSA) is 46.5 Å². The molecule has 0 aliphatic heterocycles. The van der Waals surface area contributed by atoms with Crippen LogP contribution in [0.1, 0.15) is 22.5 Å². The van der Waals surface area contributed by atoms with Gasteiger partial charge in [-0.25, -0.2) is 4.98 Å². The first-order chi connectivity index (χ1) is 10.9.